The molecule has 1 aliphatic heterocycles. The number of carbonyl (C=O) groups excluding carboxylic acids is 1. The molecule has 1 aromatic carbocycles. The van der Waals surface area contributed by atoms with Crippen LogP contribution in [0.3, 0.4) is 0 Å². The molecular formula is C17H19ClF3N5O5S2. The second-order valence-corrected chi connectivity index (χ2v) is 11.1. The van der Waals surface area contributed by atoms with Gasteiger partial charge in [0.1, 0.15) is 27.2 Å². The fourth-order valence-corrected chi connectivity index (χ4v) is 5.77. The third-order valence-electron chi connectivity index (χ3n) is 4.90. The molecule has 1 aliphatic rings. The number of nitrogens with one attached hydrogen (secondary N) is 3. The van der Waals surface area contributed by atoms with Crippen molar-refractivity contribution in [3.8, 4) is 0 Å². The Kier molecular flexibility index (Phi) is 7.12. The van der Waals surface area contributed by atoms with Crippen molar-refractivity contribution in [1.82, 2.24) is 18.3 Å². The van der Waals surface area contributed by atoms with Crippen LogP contribution in [0.4, 0.5) is 18.9 Å². The van der Waals surface area contributed by atoms with Gasteiger partial charge in [0.2, 0.25) is 10.0 Å². The lowest BCUT2D eigenvalue weighted by atomic mass is 10.2. The molecule has 10 nitrogen and oxygen atoms in total. The maximum atomic E-state index is 15.0. The van der Waals surface area contributed by atoms with E-state index in [1.807, 2.05) is 0 Å². The molecule has 1 amide bonds. The van der Waals surface area contributed by atoms with Gasteiger partial charge < -0.3 is 9.88 Å². The minimum absolute atomic E-state index is 0.0511. The number of nitrogens with zero attached hydrogens (tertiary/aromatic N) is 2. The number of halogens is 4. The summed E-state index contributed by atoms with van der Waals surface area (Å²) >= 11 is 5.38. The normalized spacial score (nSPS) is 17.5. The first-order valence-electron chi connectivity index (χ1n) is 9.28. The number of sulfonamides is 1. The van der Waals surface area contributed by atoms with Crippen molar-refractivity contribution in [2.45, 2.75) is 17.4 Å². The van der Waals surface area contributed by atoms with E-state index in [0.29, 0.717) is 12.1 Å². The molecule has 0 aliphatic carbocycles. The highest BCUT2D eigenvalue weighted by Crippen LogP contribution is 2.26. The molecule has 0 bridgehead atoms. The van der Waals surface area contributed by atoms with E-state index in [0.717, 1.165) is 15.1 Å². The van der Waals surface area contributed by atoms with Crippen molar-refractivity contribution in [3.63, 3.8) is 0 Å². The van der Waals surface area contributed by atoms with Crippen molar-refractivity contribution < 1.29 is 34.8 Å². The molecule has 1 aromatic heterocycles. The average Bonchev–Trinajstić information content (AvgIpc) is 3.30. The van der Waals surface area contributed by atoms with E-state index >= 15 is 0 Å². The SMILES string of the molecule is CNS(=O)(=O)N1CC[C@@H](NS(=O)(=O)c2cn(C)c(C(=O)Nc3cc(F)c(Cl)c(F)c3)c2F)C1. The van der Waals surface area contributed by atoms with E-state index < -0.39 is 65.2 Å². The number of aryl methyl sites for hydroxylation is 1. The molecule has 2 heterocycles. The Labute approximate surface area is 192 Å². The van der Waals surface area contributed by atoms with Crippen molar-refractivity contribution in [1.29, 1.82) is 0 Å². The summed E-state index contributed by atoms with van der Waals surface area (Å²) in [7, 11) is -5.82. The molecular weight excluding hydrogens is 511 g/mol. The van der Waals surface area contributed by atoms with Crippen molar-refractivity contribution in [2.24, 2.45) is 7.05 Å². The third-order valence-corrected chi connectivity index (χ3v) is 8.30. The zero-order valence-corrected chi connectivity index (χ0v) is 19.6. The van der Waals surface area contributed by atoms with Crippen LogP contribution in [-0.2, 0) is 27.3 Å². The van der Waals surface area contributed by atoms with Crippen molar-refractivity contribution in [3.05, 3.63) is 46.5 Å². The van der Waals surface area contributed by atoms with E-state index in [4.69, 9.17) is 11.6 Å². The highest BCUT2D eigenvalue weighted by molar-refractivity contribution is 7.89. The number of anilines is 1. The topological polar surface area (TPSA) is 130 Å². The molecule has 0 unspecified atom stereocenters. The summed E-state index contributed by atoms with van der Waals surface area (Å²) in [5.74, 6) is -4.87. The zero-order chi connectivity index (χ0) is 24.7. The third kappa shape index (κ3) is 5.17. The molecule has 1 atom stereocenters. The van der Waals surface area contributed by atoms with Crippen LogP contribution in [0.15, 0.2) is 23.2 Å². The smallest absolute Gasteiger partial charge is 0.279 e. The lowest BCUT2D eigenvalue weighted by molar-refractivity contribution is 0.101. The van der Waals surface area contributed by atoms with Crippen LogP contribution in [-0.4, -0.2) is 57.8 Å². The van der Waals surface area contributed by atoms with Gasteiger partial charge in [-0.25, -0.2) is 31.0 Å². The van der Waals surface area contributed by atoms with Gasteiger partial charge >= 0.3 is 0 Å². The molecule has 3 rings (SSSR count). The summed E-state index contributed by atoms with van der Waals surface area (Å²) in [4.78, 5) is 11.6. The minimum atomic E-state index is -4.48. The van der Waals surface area contributed by atoms with Crippen molar-refractivity contribution in [2.75, 3.05) is 25.5 Å². The molecule has 33 heavy (non-hydrogen) atoms. The summed E-state index contributed by atoms with van der Waals surface area (Å²) in [6.45, 7) is -0.118. The summed E-state index contributed by atoms with van der Waals surface area (Å²) in [5, 5.41) is 1.29. The molecule has 182 valence electrons. The fourth-order valence-electron chi connectivity index (χ4n) is 3.29. The largest absolute Gasteiger partial charge is 0.343 e. The quantitative estimate of drug-likeness (QED) is 0.464. The molecule has 0 saturated carbocycles. The Balaban J connectivity index is 1.81. The monoisotopic (exact) mass is 529 g/mol. The minimum Gasteiger partial charge on any atom is -0.343 e. The Morgan fingerprint density at radius 1 is 1.15 bits per heavy atom. The Hall–Kier alpha value is -2.17. The first-order valence-corrected chi connectivity index (χ1v) is 12.6. The number of amides is 1. The first kappa shape index (κ1) is 25.5. The van der Waals surface area contributed by atoms with Crippen LogP contribution in [0.25, 0.3) is 0 Å². The number of carbonyl (C=O) groups is 1. The zero-order valence-electron chi connectivity index (χ0n) is 17.2. The van der Waals surface area contributed by atoms with Crippen LogP contribution in [0.5, 0.6) is 0 Å². The molecule has 2 aromatic rings. The van der Waals surface area contributed by atoms with E-state index in [1.54, 1.807) is 0 Å². The highest BCUT2D eigenvalue weighted by atomic mass is 35.5. The van der Waals surface area contributed by atoms with E-state index in [2.05, 4.69) is 14.8 Å². The maximum absolute atomic E-state index is 15.0. The summed E-state index contributed by atoms with van der Waals surface area (Å²) in [5.41, 5.74) is -1.07. The first-order chi connectivity index (χ1) is 15.3. The standard InChI is InChI=1S/C17H19ClF3N5O5S2/c1-22-33(30,31)26-4-3-9(7-26)24-32(28,29)13-8-25(2)16(15(13)21)17(27)23-10-5-11(19)14(18)12(20)6-10/h5-6,8-9,22,24H,3-4,7H2,1-2H3,(H,23,27)/t9-/m1/s1. The van der Waals surface area contributed by atoms with Crippen LogP contribution in [0, 0.1) is 17.5 Å². The summed E-state index contributed by atoms with van der Waals surface area (Å²) in [6, 6.07) is 0.609. The lowest BCUT2D eigenvalue weighted by Gasteiger charge is -2.16. The van der Waals surface area contributed by atoms with Crippen LogP contribution >= 0.6 is 11.6 Å². The van der Waals surface area contributed by atoms with Crippen molar-refractivity contribution >= 4 is 43.4 Å². The molecule has 0 spiro atoms. The van der Waals surface area contributed by atoms with Gasteiger partial charge in [-0.1, -0.05) is 11.6 Å². The van der Waals surface area contributed by atoms with E-state index in [-0.39, 0.29) is 25.2 Å². The second kappa shape index (κ2) is 9.23. The van der Waals surface area contributed by atoms with Crippen LogP contribution < -0.4 is 14.8 Å². The molecule has 3 N–H and O–H groups in total. The highest BCUT2D eigenvalue weighted by Gasteiger charge is 2.35. The average molecular weight is 530 g/mol. The van der Waals surface area contributed by atoms with Gasteiger partial charge in [-0.2, -0.15) is 12.7 Å². The Morgan fingerprint density at radius 3 is 2.33 bits per heavy atom. The maximum Gasteiger partial charge on any atom is 0.279 e. The van der Waals surface area contributed by atoms with Gasteiger partial charge in [-0.3, -0.25) is 4.79 Å². The number of aromatic nitrogens is 1. The molecule has 16 heteroatoms. The predicted molar refractivity (Wildman–Crippen MR) is 113 cm³/mol. The van der Waals surface area contributed by atoms with Gasteiger partial charge in [-0.05, 0) is 18.6 Å². The van der Waals surface area contributed by atoms with E-state index in [1.165, 1.54) is 14.1 Å². The molecule has 0 radical (unpaired) electrons. The lowest BCUT2D eigenvalue weighted by Crippen LogP contribution is -2.41. The Bertz CT molecular complexity index is 1290. The molecule has 1 saturated heterocycles. The second-order valence-electron chi connectivity index (χ2n) is 7.15. The number of hydrogen-bond donors (Lipinski definition) is 3. The number of hydrogen-bond acceptors (Lipinski definition) is 5. The van der Waals surface area contributed by atoms with Crippen LogP contribution in [0.1, 0.15) is 16.9 Å². The van der Waals surface area contributed by atoms with Gasteiger partial charge in [0, 0.05) is 45.1 Å². The van der Waals surface area contributed by atoms with Gasteiger partial charge in [-0.15, -0.1) is 0 Å². The fraction of sp³-hybridized carbons (Fsp3) is 0.353. The Morgan fingerprint density at radius 2 is 1.76 bits per heavy atom. The number of rotatable bonds is 7. The summed E-state index contributed by atoms with van der Waals surface area (Å²) in [6.07, 6.45) is 1.00. The van der Waals surface area contributed by atoms with Gasteiger partial charge in [0.05, 0.1) is 0 Å². The predicted octanol–water partition coefficient (Wildman–Crippen LogP) is 1.16. The van der Waals surface area contributed by atoms with E-state index in [9.17, 15) is 34.8 Å². The summed E-state index contributed by atoms with van der Waals surface area (Å²) < 4.78 is 97.6. The van der Waals surface area contributed by atoms with Crippen LogP contribution in [0.2, 0.25) is 5.02 Å². The van der Waals surface area contributed by atoms with Gasteiger partial charge in [0.15, 0.2) is 5.82 Å². The van der Waals surface area contributed by atoms with Gasteiger partial charge in [0.25, 0.3) is 16.1 Å². The molecule has 1 fully saturated rings. The number of benzene rings is 1.